The number of aromatic amines is 1. The van der Waals surface area contributed by atoms with Gasteiger partial charge < -0.3 is 9.72 Å². The normalized spacial score (nSPS) is 31.9. The fourth-order valence-corrected chi connectivity index (χ4v) is 8.08. The van der Waals surface area contributed by atoms with E-state index in [1.807, 2.05) is 18.2 Å². The van der Waals surface area contributed by atoms with Gasteiger partial charge in [-0.15, -0.1) is 0 Å². The van der Waals surface area contributed by atoms with Gasteiger partial charge in [-0.25, -0.2) is 8.78 Å². The average molecular weight is 535 g/mol. The van der Waals surface area contributed by atoms with Crippen molar-refractivity contribution in [2.75, 3.05) is 26.3 Å². The minimum absolute atomic E-state index is 0.0356. The predicted molar refractivity (Wildman–Crippen MR) is 142 cm³/mol. The molecular formula is C31H33F3N4O. The molecular weight excluding hydrogens is 501 g/mol. The third-order valence-electron chi connectivity index (χ3n) is 9.63. The molecule has 1 aromatic heterocycles. The fraction of sp³-hybridized carbons (Fsp3) is 0.516. The third-order valence-corrected chi connectivity index (χ3v) is 9.63. The lowest BCUT2D eigenvalue weighted by Gasteiger charge is -2.73. The number of halogens is 3. The van der Waals surface area contributed by atoms with E-state index in [4.69, 9.17) is 4.74 Å². The molecule has 5 nitrogen and oxygen atoms in total. The number of aromatic nitrogens is 1. The highest BCUT2D eigenvalue weighted by Crippen LogP contribution is 2.72. The Balaban J connectivity index is 1.25. The van der Waals surface area contributed by atoms with E-state index in [0.29, 0.717) is 19.5 Å². The zero-order valence-corrected chi connectivity index (χ0v) is 22.2. The monoisotopic (exact) mass is 534 g/mol. The van der Waals surface area contributed by atoms with Crippen molar-refractivity contribution in [3.63, 3.8) is 0 Å². The van der Waals surface area contributed by atoms with Crippen molar-refractivity contribution in [3.05, 3.63) is 64.9 Å². The molecule has 0 radical (unpaired) electrons. The van der Waals surface area contributed by atoms with E-state index in [1.165, 1.54) is 12.1 Å². The van der Waals surface area contributed by atoms with Crippen LogP contribution in [0.5, 0.6) is 5.75 Å². The maximum atomic E-state index is 16.1. The van der Waals surface area contributed by atoms with Crippen molar-refractivity contribution in [1.29, 1.82) is 5.26 Å². The lowest BCUT2D eigenvalue weighted by molar-refractivity contribution is -0.212. The lowest BCUT2D eigenvalue weighted by Crippen LogP contribution is -2.76. The minimum atomic E-state index is -0.620. The van der Waals surface area contributed by atoms with Crippen LogP contribution in [0.3, 0.4) is 0 Å². The number of nitrogens with one attached hydrogen (secondary N) is 1. The Hall–Kier alpha value is -3.02. The molecule has 3 saturated carbocycles. The topological polar surface area (TPSA) is 55.3 Å². The summed E-state index contributed by atoms with van der Waals surface area (Å²) in [5.74, 6) is -1.05. The highest BCUT2D eigenvalue weighted by molar-refractivity contribution is 5.85. The predicted octanol–water partition coefficient (Wildman–Crippen LogP) is 6.04. The minimum Gasteiger partial charge on any atom is -0.489 e. The van der Waals surface area contributed by atoms with Crippen molar-refractivity contribution in [1.82, 2.24) is 14.8 Å². The Labute approximate surface area is 226 Å². The van der Waals surface area contributed by atoms with Crippen molar-refractivity contribution >= 4 is 10.9 Å². The van der Waals surface area contributed by atoms with E-state index in [1.54, 1.807) is 0 Å². The van der Waals surface area contributed by atoms with E-state index in [-0.39, 0.29) is 41.1 Å². The van der Waals surface area contributed by atoms with Crippen LogP contribution in [0.4, 0.5) is 13.2 Å². The van der Waals surface area contributed by atoms with Crippen molar-refractivity contribution in [2.45, 2.75) is 69.2 Å². The molecule has 2 aliphatic heterocycles. The van der Waals surface area contributed by atoms with Crippen molar-refractivity contribution in [3.8, 4) is 11.8 Å². The Morgan fingerprint density at radius 2 is 1.90 bits per heavy atom. The third kappa shape index (κ3) is 3.81. The van der Waals surface area contributed by atoms with Crippen LogP contribution in [-0.2, 0) is 6.42 Å². The maximum absolute atomic E-state index is 16.1. The molecule has 1 unspecified atom stereocenters. The van der Waals surface area contributed by atoms with Crippen LogP contribution < -0.4 is 4.74 Å². The smallest absolute Gasteiger partial charge is 0.135 e. The van der Waals surface area contributed by atoms with Gasteiger partial charge in [-0.1, -0.05) is 18.2 Å². The summed E-state index contributed by atoms with van der Waals surface area (Å²) in [6, 6.07) is 12.6. The molecule has 1 N–H and O–H groups in total. The number of hydrogen-bond donors (Lipinski definition) is 1. The number of para-hydroxylation sites is 1. The number of ether oxygens (including phenoxy) is 1. The van der Waals surface area contributed by atoms with Crippen molar-refractivity contribution < 1.29 is 17.9 Å². The van der Waals surface area contributed by atoms with Gasteiger partial charge in [0.15, 0.2) is 0 Å². The van der Waals surface area contributed by atoms with Gasteiger partial charge in [-0.2, -0.15) is 5.26 Å². The molecule has 2 bridgehead atoms. The van der Waals surface area contributed by atoms with Gasteiger partial charge in [-0.05, 0) is 57.1 Å². The molecule has 39 heavy (non-hydrogen) atoms. The largest absolute Gasteiger partial charge is 0.489 e. The number of H-pyrrole nitrogens is 1. The van der Waals surface area contributed by atoms with Gasteiger partial charge in [0.2, 0.25) is 0 Å². The number of hydrogen-bond acceptors (Lipinski definition) is 4. The fourth-order valence-electron chi connectivity index (χ4n) is 8.08. The second-order valence-electron chi connectivity index (χ2n) is 12.2. The van der Waals surface area contributed by atoms with Crippen LogP contribution in [0.1, 0.15) is 61.9 Å². The molecule has 3 aliphatic carbocycles. The summed E-state index contributed by atoms with van der Waals surface area (Å²) in [6.45, 7) is 3.86. The van der Waals surface area contributed by atoms with E-state index >= 15 is 8.78 Å². The second-order valence-corrected chi connectivity index (χ2v) is 12.2. The summed E-state index contributed by atoms with van der Waals surface area (Å²) < 4.78 is 50.7. The SMILES string of the molecule is C[C@@H]1Cc2c([nH]c3ccccc23)[C@@H](c2c(F)cc(OC3CCN(CCCF)C3)cc2F)N1C12CC(C#N)(C1)C2. The van der Waals surface area contributed by atoms with Crippen LogP contribution in [0, 0.1) is 28.4 Å². The van der Waals surface area contributed by atoms with E-state index in [0.717, 1.165) is 60.8 Å². The van der Waals surface area contributed by atoms with Gasteiger partial charge in [-0.3, -0.25) is 14.2 Å². The number of nitriles is 1. The van der Waals surface area contributed by atoms with Crippen LogP contribution in [-0.4, -0.2) is 58.8 Å². The Morgan fingerprint density at radius 1 is 1.15 bits per heavy atom. The number of rotatable bonds is 7. The second kappa shape index (κ2) is 9.00. The zero-order chi connectivity index (χ0) is 26.9. The Bertz CT molecular complexity index is 1440. The van der Waals surface area contributed by atoms with Crippen molar-refractivity contribution in [2.24, 2.45) is 5.41 Å². The summed E-state index contributed by atoms with van der Waals surface area (Å²) in [6.07, 6.45) is 4.07. The summed E-state index contributed by atoms with van der Waals surface area (Å²) in [5.41, 5.74) is 2.46. The number of likely N-dealkylation sites (tertiary alicyclic amines) is 1. The van der Waals surface area contributed by atoms with Gasteiger partial charge in [0.25, 0.3) is 0 Å². The molecule has 3 heterocycles. The maximum Gasteiger partial charge on any atom is 0.135 e. The van der Waals surface area contributed by atoms with Crippen LogP contribution in [0.2, 0.25) is 0 Å². The van der Waals surface area contributed by atoms with Gasteiger partial charge in [0.1, 0.15) is 23.5 Å². The quantitative estimate of drug-likeness (QED) is 0.402. The molecule has 4 fully saturated rings. The highest BCUT2D eigenvalue weighted by atomic mass is 19.1. The average Bonchev–Trinajstić information content (AvgIpc) is 3.46. The molecule has 8 heteroatoms. The number of fused-ring (bicyclic) bond motifs is 3. The van der Waals surface area contributed by atoms with Gasteiger partial charge >= 0.3 is 0 Å². The zero-order valence-electron chi connectivity index (χ0n) is 22.2. The first-order valence-electron chi connectivity index (χ1n) is 14.1. The molecule has 8 rings (SSSR count). The first-order chi connectivity index (χ1) is 18.9. The highest BCUT2D eigenvalue weighted by Gasteiger charge is 2.72. The standard InChI is InChI=1S/C31H33F3N4O/c1-19-11-23-22-5-2-3-6-26(22)36-28(23)29(38(19)31-15-30(16-31,17-31)18-35)27-24(33)12-21(13-25(27)34)39-20-7-10-37(14-20)9-4-8-32/h2-3,5-6,12-13,19-20,29,36H,4,7-11,14-17H2,1H3/t19-,20?,29-,30?,31?/m1/s1. The Morgan fingerprint density at radius 3 is 2.62 bits per heavy atom. The number of nitrogens with zero attached hydrogens (tertiary/aromatic N) is 3. The summed E-state index contributed by atoms with van der Waals surface area (Å²) >= 11 is 0. The first-order valence-corrected chi connectivity index (χ1v) is 14.1. The number of alkyl halides is 1. The van der Waals surface area contributed by atoms with Crippen LogP contribution >= 0.6 is 0 Å². The molecule has 5 aliphatic rings. The molecule has 204 valence electrons. The first kappa shape index (κ1) is 25.0. The molecule has 2 aromatic carbocycles. The summed E-state index contributed by atoms with van der Waals surface area (Å²) in [4.78, 5) is 7.95. The van der Waals surface area contributed by atoms with Crippen LogP contribution in [0.25, 0.3) is 10.9 Å². The molecule has 0 spiro atoms. The molecule has 3 aromatic rings. The summed E-state index contributed by atoms with van der Waals surface area (Å²) in [5, 5.41) is 10.8. The Kier molecular flexibility index (Phi) is 5.77. The molecule has 0 amide bonds. The van der Waals surface area contributed by atoms with E-state index in [9.17, 15) is 9.65 Å². The lowest BCUT2D eigenvalue weighted by atomic mass is 9.39. The van der Waals surface area contributed by atoms with E-state index in [2.05, 4.69) is 33.8 Å². The number of benzene rings is 2. The van der Waals surface area contributed by atoms with Crippen LogP contribution in [0.15, 0.2) is 36.4 Å². The van der Waals surface area contributed by atoms with E-state index < -0.39 is 17.7 Å². The molecule has 3 atom stereocenters. The van der Waals surface area contributed by atoms with Gasteiger partial charge in [0, 0.05) is 65.5 Å². The summed E-state index contributed by atoms with van der Waals surface area (Å²) in [7, 11) is 0. The molecule has 1 saturated heterocycles. The van der Waals surface area contributed by atoms with Gasteiger partial charge in [0.05, 0.1) is 24.2 Å².